The number of hydrogen-bond acceptors (Lipinski definition) is 2. The molecule has 0 spiro atoms. The number of nitrogens with zero attached hydrogens (tertiary/aromatic N) is 2. The van der Waals surface area contributed by atoms with Gasteiger partial charge in [-0.3, -0.25) is 9.48 Å². The summed E-state index contributed by atoms with van der Waals surface area (Å²) >= 11 is 8.17. The van der Waals surface area contributed by atoms with E-state index >= 15 is 0 Å². The van der Waals surface area contributed by atoms with E-state index in [-0.39, 0.29) is 5.69 Å². The lowest BCUT2D eigenvalue weighted by molar-refractivity contribution is 0.102. The predicted octanol–water partition coefficient (Wildman–Crippen LogP) is 4.72. The molecule has 4 nitrogen and oxygen atoms in total. The fourth-order valence-electron chi connectivity index (χ4n) is 2.20. The first kappa shape index (κ1) is 17.8. The van der Waals surface area contributed by atoms with Crippen molar-refractivity contribution in [3.8, 4) is 0 Å². The summed E-state index contributed by atoms with van der Waals surface area (Å²) in [7, 11) is 0. The van der Waals surface area contributed by atoms with Gasteiger partial charge in [0.25, 0.3) is 5.91 Å². The highest BCUT2D eigenvalue weighted by molar-refractivity contribution is 14.1. The molecule has 8 heteroatoms. The highest BCUT2D eigenvalue weighted by atomic mass is 127. The SMILES string of the molecule is O=C(Nc1c(F)cccc1F)c1ccn(Cc2cc(Cl)ccc2I)n1. The lowest BCUT2D eigenvalue weighted by Crippen LogP contribution is -2.15. The molecule has 1 amide bonds. The van der Waals surface area contributed by atoms with Crippen LogP contribution in [-0.2, 0) is 6.54 Å². The van der Waals surface area contributed by atoms with Crippen LogP contribution in [0.5, 0.6) is 0 Å². The lowest BCUT2D eigenvalue weighted by Gasteiger charge is -2.07. The monoisotopic (exact) mass is 473 g/mol. The van der Waals surface area contributed by atoms with Crippen LogP contribution >= 0.6 is 34.2 Å². The van der Waals surface area contributed by atoms with Gasteiger partial charge in [0.1, 0.15) is 17.3 Å². The van der Waals surface area contributed by atoms with Gasteiger partial charge in [0, 0.05) is 14.8 Å². The molecule has 3 aromatic rings. The van der Waals surface area contributed by atoms with Gasteiger partial charge >= 0.3 is 0 Å². The smallest absolute Gasteiger partial charge is 0.276 e. The number of nitrogens with one attached hydrogen (secondary N) is 1. The molecule has 0 atom stereocenters. The van der Waals surface area contributed by atoms with Gasteiger partial charge in [-0.25, -0.2) is 8.78 Å². The molecule has 0 fully saturated rings. The quantitative estimate of drug-likeness (QED) is 0.558. The third-order valence-corrected chi connectivity index (χ3v) is 4.70. The Bertz CT molecular complexity index is 925. The maximum Gasteiger partial charge on any atom is 0.276 e. The summed E-state index contributed by atoms with van der Waals surface area (Å²) in [6.45, 7) is 0.417. The fourth-order valence-corrected chi connectivity index (χ4v) is 2.91. The van der Waals surface area contributed by atoms with E-state index < -0.39 is 23.2 Å². The third kappa shape index (κ3) is 4.16. The van der Waals surface area contributed by atoms with Gasteiger partial charge in [-0.05, 0) is 64.6 Å². The van der Waals surface area contributed by atoms with E-state index in [1.54, 1.807) is 16.9 Å². The molecule has 1 heterocycles. The topological polar surface area (TPSA) is 46.9 Å². The minimum atomic E-state index is -0.846. The molecule has 0 aliphatic carbocycles. The Kier molecular flexibility index (Phi) is 5.33. The van der Waals surface area contributed by atoms with Gasteiger partial charge in [-0.2, -0.15) is 5.10 Å². The van der Waals surface area contributed by atoms with E-state index in [0.717, 1.165) is 21.3 Å². The minimum Gasteiger partial charge on any atom is -0.316 e. The first-order valence-electron chi connectivity index (χ1n) is 7.17. The molecule has 1 aromatic heterocycles. The standard InChI is InChI=1S/C17H11ClF2IN3O/c18-11-4-5-14(21)10(8-11)9-24-7-6-15(23-24)17(25)22-16-12(19)2-1-3-13(16)20/h1-8H,9H2,(H,22,25). The normalized spacial score (nSPS) is 10.7. The van der Waals surface area contributed by atoms with Crippen molar-refractivity contribution < 1.29 is 13.6 Å². The molecular formula is C17H11ClF2IN3O. The van der Waals surface area contributed by atoms with Gasteiger partial charge < -0.3 is 5.32 Å². The number of para-hydroxylation sites is 1. The van der Waals surface area contributed by atoms with E-state index in [2.05, 4.69) is 33.0 Å². The maximum absolute atomic E-state index is 13.6. The Morgan fingerprint density at radius 3 is 2.64 bits per heavy atom. The van der Waals surface area contributed by atoms with E-state index in [9.17, 15) is 13.6 Å². The minimum absolute atomic E-state index is 0.0553. The maximum atomic E-state index is 13.6. The van der Waals surface area contributed by atoms with Crippen LogP contribution in [-0.4, -0.2) is 15.7 Å². The van der Waals surface area contributed by atoms with Gasteiger partial charge in [-0.1, -0.05) is 17.7 Å². The van der Waals surface area contributed by atoms with Gasteiger partial charge in [0.2, 0.25) is 0 Å². The number of halogens is 4. The van der Waals surface area contributed by atoms with Crippen LogP contribution in [0.4, 0.5) is 14.5 Å². The Balaban J connectivity index is 1.77. The van der Waals surface area contributed by atoms with Crippen LogP contribution in [0.15, 0.2) is 48.7 Å². The van der Waals surface area contributed by atoms with Crippen LogP contribution in [0.2, 0.25) is 5.02 Å². The largest absolute Gasteiger partial charge is 0.316 e. The zero-order valence-corrected chi connectivity index (χ0v) is 15.6. The second kappa shape index (κ2) is 7.49. The summed E-state index contributed by atoms with van der Waals surface area (Å²) < 4.78 is 29.8. The van der Waals surface area contributed by atoms with E-state index in [1.165, 1.54) is 12.1 Å². The Morgan fingerprint density at radius 1 is 1.20 bits per heavy atom. The molecule has 1 N–H and O–H groups in total. The first-order chi connectivity index (χ1) is 11.9. The van der Waals surface area contributed by atoms with Crippen LogP contribution in [0, 0.1) is 15.2 Å². The number of benzene rings is 2. The Labute approximate surface area is 160 Å². The highest BCUT2D eigenvalue weighted by Crippen LogP contribution is 2.20. The zero-order valence-electron chi connectivity index (χ0n) is 12.6. The molecule has 0 aliphatic rings. The molecule has 0 aliphatic heterocycles. The highest BCUT2D eigenvalue weighted by Gasteiger charge is 2.15. The number of carbonyl (C=O) groups excluding carboxylic acids is 1. The van der Waals surface area contributed by atoms with Gasteiger partial charge in [0.05, 0.1) is 6.54 Å². The van der Waals surface area contributed by atoms with Crippen LogP contribution in [0.25, 0.3) is 0 Å². The number of amides is 1. The van der Waals surface area contributed by atoms with Crippen molar-refractivity contribution in [1.29, 1.82) is 0 Å². The van der Waals surface area contributed by atoms with Crippen molar-refractivity contribution in [2.45, 2.75) is 6.54 Å². The van der Waals surface area contributed by atoms with E-state index in [1.807, 2.05) is 12.1 Å². The average Bonchev–Trinajstić information content (AvgIpc) is 3.03. The number of aromatic nitrogens is 2. The summed E-state index contributed by atoms with van der Waals surface area (Å²) in [5.41, 5.74) is 0.509. The molecule has 3 rings (SSSR count). The molecular weight excluding hydrogens is 463 g/mol. The number of carbonyl (C=O) groups is 1. The predicted molar refractivity (Wildman–Crippen MR) is 99.8 cm³/mol. The van der Waals surface area contributed by atoms with Crippen LogP contribution < -0.4 is 5.32 Å². The van der Waals surface area contributed by atoms with Gasteiger partial charge in [0.15, 0.2) is 5.69 Å². The molecule has 128 valence electrons. The van der Waals surface area contributed by atoms with Crippen LogP contribution in [0.1, 0.15) is 16.1 Å². The second-order valence-electron chi connectivity index (χ2n) is 5.19. The summed E-state index contributed by atoms with van der Waals surface area (Å²) in [6, 6.07) is 10.3. The van der Waals surface area contributed by atoms with E-state index in [4.69, 9.17) is 11.6 Å². The van der Waals surface area contributed by atoms with Crippen molar-refractivity contribution in [3.63, 3.8) is 0 Å². The van der Waals surface area contributed by atoms with Crippen molar-refractivity contribution in [2.75, 3.05) is 5.32 Å². The number of anilines is 1. The molecule has 0 unspecified atom stereocenters. The average molecular weight is 474 g/mol. The van der Waals surface area contributed by atoms with Crippen molar-refractivity contribution in [3.05, 3.63) is 80.1 Å². The molecule has 25 heavy (non-hydrogen) atoms. The fraction of sp³-hybridized carbons (Fsp3) is 0.0588. The molecule has 2 aromatic carbocycles. The first-order valence-corrected chi connectivity index (χ1v) is 8.62. The zero-order chi connectivity index (χ0) is 18.0. The van der Waals surface area contributed by atoms with Gasteiger partial charge in [-0.15, -0.1) is 0 Å². The molecule has 0 bridgehead atoms. The van der Waals surface area contributed by atoms with Crippen molar-refractivity contribution >= 4 is 45.8 Å². The second-order valence-corrected chi connectivity index (χ2v) is 6.78. The van der Waals surface area contributed by atoms with E-state index in [0.29, 0.717) is 11.6 Å². The summed E-state index contributed by atoms with van der Waals surface area (Å²) in [6.07, 6.45) is 1.61. The summed E-state index contributed by atoms with van der Waals surface area (Å²) in [4.78, 5) is 12.2. The number of rotatable bonds is 4. The number of hydrogen-bond donors (Lipinski definition) is 1. The molecule has 0 saturated heterocycles. The third-order valence-electron chi connectivity index (χ3n) is 3.41. The molecule has 0 saturated carbocycles. The molecule has 0 radical (unpaired) electrons. The lowest BCUT2D eigenvalue weighted by atomic mass is 10.2. The van der Waals surface area contributed by atoms with Crippen molar-refractivity contribution in [1.82, 2.24) is 9.78 Å². The summed E-state index contributed by atoms with van der Waals surface area (Å²) in [5.74, 6) is -2.38. The Morgan fingerprint density at radius 2 is 1.92 bits per heavy atom. The van der Waals surface area contributed by atoms with Crippen LogP contribution in [0.3, 0.4) is 0 Å². The Hall–Kier alpha value is -2.00. The van der Waals surface area contributed by atoms with Crippen molar-refractivity contribution in [2.24, 2.45) is 0 Å². The summed E-state index contributed by atoms with van der Waals surface area (Å²) in [5, 5.41) is 6.96.